The standard InChI is InChI=1S/C22H24N4O3S/c1-15-6-3-4-7-17(15)23-21(27)14-30-22-25-24-20(26(22)2)13-16-8-9-18-19(12-16)29-11-5-10-28-18/h3-4,6-9,12H,5,10-11,13-14H2,1-2H3,(H,23,27). The van der Waals surface area contributed by atoms with Crippen LogP contribution in [0.3, 0.4) is 0 Å². The smallest absolute Gasteiger partial charge is 0.234 e. The Kier molecular flexibility index (Phi) is 6.23. The Morgan fingerprint density at radius 1 is 1.13 bits per heavy atom. The number of fused-ring (bicyclic) bond motifs is 1. The number of carbonyl (C=O) groups is 1. The van der Waals surface area contributed by atoms with Crippen LogP contribution >= 0.6 is 11.8 Å². The zero-order valence-electron chi connectivity index (χ0n) is 17.1. The van der Waals surface area contributed by atoms with E-state index in [-0.39, 0.29) is 11.7 Å². The lowest BCUT2D eigenvalue weighted by Crippen LogP contribution is -2.15. The predicted octanol–water partition coefficient (Wildman–Crippen LogP) is 3.61. The molecule has 1 aromatic heterocycles. The lowest BCUT2D eigenvalue weighted by atomic mass is 10.1. The van der Waals surface area contributed by atoms with Crippen molar-refractivity contribution >= 4 is 23.4 Å². The Labute approximate surface area is 179 Å². The number of benzene rings is 2. The quantitative estimate of drug-likeness (QED) is 0.609. The summed E-state index contributed by atoms with van der Waals surface area (Å²) in [5.74, 6) is 2.58. The molecular weight excluding hydrogens is 400 g/mol. The van der Waals surface area contributed by atoms with Gasteiger partial charge in [-0.2, -0.15) is 0 Å². The van der Waals surface area contributed by atoms with Gasteiger partial charge in [0.2, 0.25) is 5.91 Å². The number of para-hydroxylation sites is 1. The zero-order chi connectivity index (χ0) is 20.9. The highest BCUT2D eigenvalue weighted by Gasteiger charge is 2.15. The summed E-state index contributed by atoms with van der Waals surface area (Å²) in [6.45, 7) is 3.30. The van der Waals surface area contributed by atoms with Gasteiger partial charge in [-0.3, -0.25) is 4.79 Å². The molecule has 156 valence electrons. The van der Waals surface area contributed by atoms with E-state index in [1.54, 1.807) is 0 Å². The van der Waals surface area contributed by atoms with Crippen LogP contribution in [0.1, 0.15) is 23.4 Å². The lowest BCUT2D eigenvalue weighted by molar-refractivity contribution is -0.113. The van der Waals surface area contributed by atoms with E-state index in [0.717, 1.165) is 40.6 Å². The number of carbonyl (C=O) groups excluding carboxylic acids is 1. The third-order valence-electron chi connectivity index (χ3n) is 4.85. The predicted molar refractivity (Wildman–Crippen MR) is 116 cm³/mol. The van der Waals surface area contributed by atoms with Gasteiger partial charge < -0.3 is 19.4 Å². The molecule has 0 fully saturated rings. The summed E-state index contributed by atoms with van der Waals surface area (Å²) in [6.07, 6.45) is 1.50. The number of hydrogen-bond donors (Lipinski definition) is 1. The fourth-order valence-electron chi connectivity index (χ4n) is 3.15. The molecule has 0 aliphatic carbocycles. The monoisotopic (exact) mass is 424 g/mol. The Bertz CT molecular complexity index is 1050. The molecule has 0 radical (unpaired) electrons. The van der Waals surface area contributed by atoms with Crippen LogP contribution in [0, 0.1) is 6.92 Å². The summed E-state index contributed by atoms with van der Waals surface area (Å²) in [7, 11) is 1.92. The fraction of sp³-hybridized carbons (Fsp3) is 0.318. The van der Waals surface area contributed by atoms with E-state index in [1.807, 2.05) is 61.0 Å². The maximum atomic E-state index is 12.3. The van der Waals surface area contributed by atoms with Crippen molar-refractivity contribution in [1.29, 1.82) is 0 Å². The van der Waals surface area contributed by atoms with Gasteiger partial charge in [0.15, 0.2) is 16.7 Å². The first-order chi connectivity index (χ1) is 14.6. The van der Waals surface area contributed by atoms with Crippen molar-refractivity contribution in [1.82, 2.24) is 14.8 Å². The van der Waals surface area contributed by atoms with Crippen molar-refractivity contribution in [2.24, 2.45) is 7.05 Å². The minimum Gasteiger partial charge on any atom is -0.490 e. The normalized spacial score (nSPS) is 13.0. The molecule has 0 atom stereocenters. The maximum Gasteiger partial charge on any atom is 0.234 e. The van der Waals surface area contributed by atoms with E-state index < -0.39 is 0 Å². The number of aromatic nitrogens is 3. The van der Waals surface area contributed by atoms with Gasteiger partial charge in [0.25, 0.3) is 0 Å². The Balaban J connectivity index is 1.37. The van der Waals surface area contributed by atoms with E-state index >= 15 is 0 Å². The molecule has 0 unspecified atom stereocenters. The average Bonchev–Trinajstić information content (AvgIpc) is 2.93. The number of nitrogens with one attached hydrogen (secondary N) is 1. The second-order valence-corrected chi connectivity index (χ2v) is 8.06. The number of aryl methyl sites for hydroxylation is 1. The highest BCUT2D eigenvalue weighted by atomic mass is 32.2. The number of amides is 1. The first kappa shape index (κ1) is 20.3. The SMILES string of the molecule is Cc1ccccc1NC(=O)CSc1nnc(Cc2ccc3c(c2)OCCCO3)n1C. The number of thioether (sulfide) groups is 1. The minimum absolute atomic E-state index is 0.0678. The van der Waals surface area contributed by atoms with Gasteiger partial charge in [0, 0.05) is 25.6 Å². The molecule has 30 heavy (non-hydrogen) atoms. The molecule has 1 aliphatic rings. The van der Waals surface area contributed by atoms with Gasteiger partial charge in [-0.15, -0.1) is 10.2 Å². The second-order valence-electron chi connectivity index (χ2n) is 7.12. The Morgan fingerprint density at radius 2 is 1.93 bits per heavy atom. The Morgan fingerprint density at radius 3 is 2.77 bits per heavy atom. The molecule has 1 N–H and O–H groups in total. The van der Waals surface area contributed by atoms with Gasteiger partial charge >= 0.3 is 0 Å². The van der Waals surface area contributed by atoms with Crippen LogP contribution in [0.15, 0.2) is 47.6 Å². The summed E-state index contributed by atoms with van der Waals surface area (Å²) in [5, 5.41) is 12.2. The molecule has 7 nitrogen and oxygen atoms in total. The largest absolute Gasteiger partial charge is 0.490 e. The molecule has 2 heterocycles. The van der Waals surface area contributed by atoms with Crippen molar-refractivity contribution < 1.29 is 14.3 Å². The number of nitrogens with zero attached hydrogens (tertiary/aromatic N) is 3. The number of anilines is 1. The van der Waals surface area contributed by atoms with E-state index in [4.69, 9.17) is 9.47 Å². The summed E-state index contributed by atoms with van der Waals surface area (Å²) in [4.78, 5) is 12.3. The third-order valence-corrected chi connectivity index (χ3v) is 5.87. The van der Waals surface area contributed by atoms with Crippen LogP contribution in [-0.2, 0) is 18.3 Å². The van der Waals surface area contributed by atoms with Gasteiger partial charge in [-0.05, 0) is 36.2 Å². The van der Waals surface area contributed by atoms with Gasteiger partial charge in [-0.25, -0.2) is 0 Å². The molecule has 1 amide bonds. The van der Waals surface area contributed by atoms with E-state index in [2.05, 4.69) is 15.5 Å². The highest BCUT2D eigenvalue weighted by Crippen LogP contribution is 2.31. The van der Waals surface area contributed by atoms with Crippen LogP contribution in [0.4, 0.5) is 5.69 Å². The molecule has 8 heteroatoms. The molecule has 0 spiro atoms. The first-order valence-electron chi connectivity index (χ1n) is 9.85. The van der Waals surface area contributed by atoms with Gasteiger partial charge in [0.1, 0.15) is 5.82 Å². The van der Waals surface area contributed by atoms with Crippen LogP contribution in [0.2, 0.25) is 0 Å². The van der Waals surface area contributed by atoms with Crippen molar-refractivity contribution in [2.45, 2.75) is 24.9 Å². The second kappa shape index (κ2) is 9.21. The van der Waals surface area contributed by atoms with Gasteiger partial charge in [-0.1, -0.05) is 36.0 Å². The first-order valence-corrected chi connectivity index (χ1v) is 10.8. The number of hydrogen-bond acceptors (Lipinski definition) is 6. The summed E-state index contributed by atoms with van der Waals surface area (Å²) in [5.41, 5.74) is 2.94. The van der Waals surface area contributed by atoms with Crippen molar-refractivity contribution in [3.05, 3.63) is 59.4 Å². The minimum atomic E-state index is -0.0678. The van der Waals surface area contributed by atoms with Crippen LogP contribution in [-0.4, -0.2) is 39.6 Å². The number of ether oxygens (including phenoxy) is 2. The van der Waals surface area contributed by atoms with Crippen LogP contribution < -0.4 is 14.8 Å². The average molecular weight is 425 g/mol. The molecule has 4 rings (SSSR count). The molecular formula is C22H24N4O3S. The molecule has 0 saturated heterocycles. The third kappa shape index (κ3) is 4.76. The van der Waals surface area contributed by atoms with Crippen molar-refractivity contribution in [2.75, 3.05) is 24.3 Å². The summed E-state index contributed by atoms with van der Waals surface area (Å²) >= 11 is 1.37. The fourth-order valence-corrected chi connectivity index (χ4v) is 3.88. The molecule has 3 aromatic rings. The van der Waals surface area contributed by atoms with E-state index in [9.17, 15) is 4.79 Å². The molecule has 0 bridgehead atoms. The molecule has 1 aliphatic heterocycles. The summed E-state index contributed by atoms with van der Waals surface area (Å²) in [6, 6.07) is 13.7. The number of rotatable bonds is 6. The Hall–Kier alpha value is -3.00. The maximum absolute atomic E-state index is 12.3. The molecule has 2 aromatic carbocycles. The van der Waals surface area contributed by atoms with Crippen LogP contribution in [0.25, 0.3) is 0 Å². The summed E-state index contributed by atoms with van der Waals surface area (Å²) < 4.78 is 13.4. The van der Waals surface area contributed by atoms with E-state index in [1.165, 1.54) is 11.8 Å². The highest BCUT2D eigenvalue weighted by molar-refractivity contribution is 7.99. The zero-order valence-corrected chi connectivity index (χ0v) is 17.9. The van der Waals surface area contributed by atoms with Crippen molar-refractivity contribution in [3.63, 3.8) is 0 Å². The molecule has 0 saturated carbocycles. The van der Waals surface area contributed by atoms with Crippen molar-refractivity contribution in [3.8, 4) is 11.5 Å². The van der Waals surface area contributed by atoms with Crippen LogP contribution in [0.5, 0.6) is 11.5 Å². The van der Waals surface area contributed by atoms with E-state index in [0.29, 0.717) is 24.8 Å². The topological polar surface area (TPSA) is 78.3 Å². The van der Waals surface area contributed by atoms with Gasteiger partial charge in [0.05, 0.1) is 19.0 Å². The lowest BCUT2D eigenvalue weighted by Gasteiger charge is -2.09.